The van der Waals surface area contributed by atoms with Crippen LogP contribution in [0, 0.1) is 6.92 Å². The average molecular weight is 412 g/mol. The van der Waals surface area contributed by atoms with E-state index in [1.54, 1.807) is 31.2 Å². The van der Waals surface area contributed by atoms with Crippen LogP contribution in [-0.2, 0) is 10.0 Å². The van der Waals surface area contributed by atoms with Gasteiger partial charge in [0, 0.05) is 10.0 Å². The normalized spacial score (nSPS) is 11.0. The first-order valence-electron chi connectivity index (χ1n) is 6.69. The number of carbonyl (C=O) groups is 2. The van der Waals surface area contributed by atoms with Gasteiger partial charge in [0.1, 0.15) is 0 Å². The van der Waals surface area contributed by atoms with Crippen LogP contribution in [0.2, 0.25) is 0 Å². The predicted molar refractivity (Wildman–Crippen MR) is 91.6 cm³/mol. The lowest BCUT2D eigenvalue weighted by molar-refractivity contribution is 0.0846. The van der Waals surface area contributed by atoms with E-state index in [2.05, 4.69) is 26.8 Å². The summed E-state index contributed by atoms with van der Waals surface area (Å²) in [6, 6.07) is 10.8. The summed E-state index contributed by atoms with van der Waals surface area (Å²) in [6.45, 7) is 1.57. The molecule has 126 valence electrons. The van der Waals surface area contributed by atoms with Gasteiger partial charge in [-0.1, -0.05) is 18.2 Å². The second-order valence-electron chi connectivity index (χ2n) is 4.91. The first kappa shape index (κ1) is 18.1. The molecular formula is C15H14BrN3O4S. The Kier molecular flexibility index (Phi) is 5.37. The third-order valence-electron chi connectivity index (χ3n) is 3.16. The molecule has 9 heteroatoms. The minimum absolute atomic E-state index is 0.0528. The number of amides is 2. The molecule has 0 bridgehead atoms. The number of aryl methyl sites for hydroxylation is 1. The van der Waals surface area contributed by atoms with Gasteiger partial charge in [0.15, 0.2) is 0 Å². The summed E-state index contributed by atoms with van der Waals surface area (Å²) in [7, 11) is -3.94. The van der Waals surface area contributed by atoms with E-state index in [-0.39, 0.29) is 10.5 Å². The SMILES string of the molecule is Cc1ccc(C(=O)NNC(=O)c2ccccc2Br)cc1S(N)(=O)=O. The van der Waals surface area contributed by atoms with Crippen molar-refractivity contribution in [2.75, 3.05) is 0 Å². The fraction of sp³-hybridized carbons (Fsp3) is 0.0667. The van der Waals surface area contributed by atoms with Crippen LogP contribution >= 0.6 is 15.9 Å². The highest BCUT2D eigenvalue weighted by atomic mass is 79.9. The molecule has 0 atom stereocenters. The standard InChI is InChI=1S/C15H14BrN3O4S/c1-9-6-7-10(8-13(9)24(17,22)23)14(20)18-19-15(21)11-4-2-3-5-12(11)16/h2-8H,1H3,(H,18,20)(H,19,21)(H2,17,22,23). The lowest BCUT2D eigenvalue weighted by Crippen LogP contribution is -2.41. The number of primary sulfonamides is 1. The molecule has 0 aliphatic carbocycles. The minimum atomic E-state index is -3.94. The molecule has 0 saturated carbocycles. The molecule has 24 heavy (non-hydrogen) atoms. The summed E-state index contributed by atoms with van der Waals surface area (Å²) in [6.07, 6.45) is 0. The van der Waals surface area contributed by atoms with Crippen molar-refractivity contribution in [3.8, 4) is 0 Å². The van der Waals surface area contributed by atoms with Gasteiger partial charge in [-0.15, -0.1) is 0 Å². The Bertz CT molecular complexity index is 913. The Morgan fingerprint density at radius 3 is 2.29 bits per heavy atom. The second-order valence-corrected chi connectivity index (χ2v) is 7.30. The van der Waals surface area contributed by atoms with E-state index in [0.717, 1.165) is 6.07 Å². The summed E-state index contributed by atoms with van der Waals surface area (Å²) in [4.78, 5) is 23.9. The lowest BCUT2D eigenvalue weighted by atomic mass is 10.1. The van der Waals surface area contributed by atoms with Crippen LogP contribution in [0.1, 0.15) is 26.3 Å². The van der Waals surface area contributed by atoms with Crippen molar-refractivity contribution in [3.63, 3.8) is 0 Å². The number of carbonyl (C=O) groups excluding carboxylic acids is 2. The van der Waals surface area contributed by atoms with Gasteiger partial charge in [0.2, 0.25) is 10.0 Å². The van der Waals surface area contributed by atoms with Crippen molar-refractivity contribution in [2.24, 2.45) is 5.14 Å². The van der Waals surface area contributed by atoms with E-state index in [4.69, 9.17) is 5.14 Å². The zero-order valence-corrected chi connectivity index (χ0v) is 14.9. The van der Waals surface area contributed by atoms with Gasteiger partial charge in [0.05, 0.1) is 10.5 Å². The fourth-order valence-corrected chi connectivity index (χ4v) is 3.22. The Morgan fingerprint density at radius 1 is 1.04 bits per heavy atom. The molecular weight excluding hydrogens is 398 g/mol. The zero-order chi connectivity index (χ0) is 17.9. The highest BCUT2D eigenvalue weighted by molar-refractivity contribution is 9.10. The van der Waals surface area contributed by atoms with Crippen LogP contribution in [0.15, 0.2) is 51.8 Å². The molecule has 0 aliphatic heterocycles. The van der Waals surface area contributed by atoms with Gasteiger partial charge < -0.3 is 0 Å². The van der Waals surface area contributed by atoms with E-state index < -0.39 is 21.8 Å². The molecule has 2 aromatic rings. The first-order valence-corrected chi connectivity index (χ1v) is 9.03. The molecule has 0 saturated heterocycles. The van der Waals surface area contributed by atoms with Crippen LogP contribution in [0.3, 0.4) is 0 Å². The average Bonchev–Trinajstić information content (AvgIpc) is 2.52. The van der Waals surface area contributed by atoms with Gasteiger partial charge in [0.25, 0.3) is 11.8 Å². The molecule has 7 nitrogen and oxygen atoms in total. The van der Waals surface area contributed by atoms with Crippen molar-refractivity contribution >= 4 is 37.8 Å². The number of benzene rings is 2. The highest BCUT2D eigenvalue weighted by Crippen LogP contribution is 2.16. The number of hydrazine groups is 1. The van der Waals surface area contributed by atoms with Crippen molar-refractivity contribution in [3.05, 3.63) is 63.6 Å². The van der Waals surface area contributed by atoms with E-state index in [9.17, 15) is 18.0 Å². The number of rotatable bonds is 3. The maximum absolute atomic E-state index is 12.1. The summed E-state index contributed by atoms with van der Waals surface area (Å²) in [5.41, 5.74) is 5.30. The maximum Gasteiger partial charge on any atom is 0.270 e. The van der Waals surface area contributed by atoms with Crippen LogP contribution in [0.5, 0.6) is 0 Å². The van der Waals surface area contributed by atoms with Crippen LogP contribution < -0.4 is 16.0 Å². The first-order chi connectivity index (χ1) is 11.2. The van der Waals surface area contributed by atoms with Crippen molar-refractivity contribution in [1.82, 2.24) is 10.9 Å². The lowest BCUT2D eigenvalue weighted by Gasteiger charge is -2.10. The molecule has 0 heterocycles. The van der Waals surface area contributed by atoms with E-state index >= 15 is 0 Å². The van der Waals surface area contributed by atoms with Gasteiger partial charge in [-0.2, -0.15) is 0 Å². The molecule has 0 radical (unpaired) electrons. The number of sulfonamides is 1. The predicted octanol–water partition coefficient (Wildman–Crippen LogP) is 1.48. The van der Waals surface area contributed by atoms with E-state index in [0.29, 0.717) is 15.6 Å². The number of nitrogens with two attached hydrogens (primary N) is 1. The minimum Gasteiger partial charge on any atom is -0.267 e. The monoisotopic (exact) mass is 411 g/mol. The highest BCUT2D eigenvalue weighted by Gasteiger charge is 2.16. The van der Waals surface area contributed by atoms with E-state index in [1.165, 1.54) is 12.1 Å². The maximum atomic E-state index is 12.1. The van der Waals surface area contributed by atoms with Gasteiger partial charge in [-0.3, -0.25) is 20.4 Å². The van der Waals surface area contributed by atoms with Crippen LogP contribution in [-0.4, -0.2) is 20.2 Å². The van der Waals surface area contributed by atoms with Gasteiger partial charge in [-0.25, -0.2) is 13.6 Å². The molecule has 0 spiro atoms. The Balaban J connectivity index is 2.14. The largest absolute Gasteiger partial charge is 0.270 e. The summed E-state index contributed by atoms with van der Waals surface area (Å²) >= 11 is 3.23. The molecule has 4 N–H and O–H groups in total. The molecule has 0 aliphatic rings. The quantitative estimate of drug-likeness (QED) is 0.662. The third kappa shape index (κ3) is 4.19. The zero-order valence-electron chi connectivity index (χ0n) is 12.5. The van der Waals surface area contributed by atoms with E-state index in [1.807, 2.05) is 0 Å². The van der Waals surface area contributed by atoms with Crippen molar-refractivity contribution < 1.29 is 18.0 Å². The van der Waals surface area contributed by atoms with Crippen LogP contribution in [0.4, 0.5) is 0 Å². The Morgan fingerprint density at radius 2 is 1.67 bits per heavy atom. The Labute approximate surface area is 147 Å². The summed E-state index contributed by atoms with van der Waals surface area (Å²) in [5.74, 6) is -1.19. The molecule has 2 aromatic carbocycles. The van der Waals surface area contributed by atoms with Crippen molar-refractivity contribution in [1.29, 1.82) is 0 Å². The topological polar surface area (TPSA) is 118 Å². The number of nitrogens with one attached hydrogen (secondary N) is 2. The van der Waals surface area contributed by atoms with Gasteiger partial charge in [-0.05, 0) is 52.7 Å². The second kappa shape index (κ2) is 7.12. The van der Waals surface area contributed by atoms with Crippen molar-refractivity contribution in [2.45, 2.75) is 11.8 Å². The Hall–Kier alpha value is -2.23. The molecule has 0 aromatic heterocycles. The van der Waals surface area contributed by atoms with Gasteiger partial charge >= 0.3 is 0 Å². The van der Waals surface area contributed by atoms with Crippen LogP contribution in [0.25, 0.3) is 0 Å². The summed E-state index contributed by atoms with van der Waals surface area (Å²) < 4.78 is 23.5. The number of halogens is 1. The molecule has 0 fully saturated rings. The molecule has 2 rings (SSSR count). The summed E-state index contributed by atoms with van der Waals surface area (Å²) in [5, 5.41) is 5.11. The molecule has 2 amide bonds. The third-order valence-corrected chi connectivity index (χ3v) is 4.91. The number of hydrogen-bond donors (Lipinski definition) is 3. The smallest absolute Gasteiger partial charge is 0.267 e. The molecule has 0 unspecified atom stereocenters. The number of hydrogen-bond acceptors (Lipinski definition) is 4. The fourth-order valence-electron chi connectivity index (χ4n) is 1.95.